The quantitative estimate of drug-likeness (QED) is 0.627. The molecule has 0 saturated carbocycles. The fourth-order valence-electron chi connectivity index (χ4n) is 2.76. The predicted molar refractivity (Wildman–Crippen MR) is 107 cm³/mol. The molecular weight excluding hydrogens is 350 g/mol. The molecular formula is C21H28ClNO3. The van der Waals surface area contributed by atoms with Gasteiger partial charge in [-0.3, -0.25) is 0 Å². The summed E-state index contributed by atoms with van der Waals surface area (Å²) in [7, 11) is 3.50. The lowest BCUT2D eigenvalue weighted by Crippen LogP contribution is -2.12. The molecule has 0 radical (unpaired) electrons. The van der Waals surface area contributed by atoms with Gasteiger partial charge in [-0.25, -0.2) is 0 Å². The molecule has 2 aromatic carbocycles. The zero-order valence-electron chi connectivity index (χ0n) is 16.2. The van der Waals surface area contributed by atoms with Crippen molar-refractivity contribution >= 4 is 11.6 Å². The van der Waals surface area contributed by atoms with Crippen molar-refractivity contribution in [2.24, 2.45) is 0 Å². The Morgan fingerprint density at radius 3 is 2.42 bits per heavy atom. The molecule has 142 valence electrons. The van der Waals surface area contributed by atoms with Crippen molar-refractivity contribution in [1.82, 2.24) is 5.32 Å². The maximum Gasteiger partial charge on any atom is 0.179 e. The number of methoxy groups -OCH3 is 1. The van der Waals surface area contributed by atoms with E-state index in [1.807, 2.05) is 19.2 Å². The Hall–Kier alpha value is -1.91. The highest BCUT2D eigenvalue weighted by Crippen LogP contribution is 2.36. The van der Waals surface area contributed by atoms with Gasteiger partial charge in [-0.05, 0) is 54.8 Å². The zero-order valence-corrected chi connectivity index (χ0v) is 16.9. The van der Waals surface area contributed by atoms with E-state index >= 15 is 0 Å². The topological polar surface area (TPSA) is 39.7 Å². The number of aryl methyl sites for hydroxylation is 1. The molecule has 4 nitrogen and oxygen atoms in total. The molecule has 0 aliphatic heterocycles. The van der Waals surface area contributed by atoms with Gasteiger partial charge in [-0.1, -0.05) is 37.6 Å². The molecule has 0 aliphatic rings. The summed E-state index contributed by atoms with van der Waals surface area (Å²) in [4.78, 5) is 0. The van der Waals surface area contributed by atoms with Crippen LogP contribution in [0.2, 0.25) is 5.02 Å². The van der Waals surface area contributed by atoms with Crippen LogP contribution in [0.15, 0.2) is 30.3 Å². The lowest BCUT2D eigenvalue weighted by Gasteiger charge is -2.17. The Morgan fingerprint density at radius 1 is 1.04 bits per heavy atom. The molecule has 26 heavy (non-hydrogen) atoms. The molecule has 0 heterocycles. The van der Waals surface area contributed by atoms with E-state index in [4.69, 9.17) is 25.8 Å². The number of benzene rings is 2. The number of hydrogen-bond acceptors (Lipinski definition) is 4. The molecule has 1 N–H and O–H groups in total. The van der Waals surface area contributed by atoms with Crippen LogP contribution in [0.5, 0.6) is 17.2 Å². The first-order valence-electron chi connectivity index (χ1n) is 8.83. The number of nitrogens with one attached hydrogen (secondary N) is 1. The van der Waals surface area contributed by atoms with E-state index in [0.29, 0.717) is 42.2 Å². The molecule has 0 bridgehead atoms. The minimum atomic E-state index is 0.382. The van der Waals surface area contributed by atoms with Crippen LogP contribution in [0.3, 0.4) is 0 Å². The molecule has 2 rings (SSSR count). The summed E-state index contributed by atoms with van der Waals surface area (Å²) in [6, 6.07) is 10.1. The highest BCUT2D eigenvalue weighted by atomic mass is 35.5. The van der Waals surface area contributed by atoms with Crippen LogP contribution in [0.4, 0.5) is 0 Å². The first-order chi connectivity index (χ1) is 12.5. The fourth-order valence-corrected chi connectivity index (χ4v) is 3.05. The third-order valence-electron chi connectivity index (χ3n) is 4.05. The molecule has 0 aliphatic carbocycles. The molecule has 0 saturated heterocycles. The van der Waals surface area contributed by atoms with Gasteiger partial charge < -0.3 is 19.5 Å². The average molecular weight is 378 g/mol. The van der Waals surface area contributed by atoms with E-state index in [1.165, 1.54) is 11.1 Å². The van der Waals surface area contributed by atoms with Crippen molar-refractivity contribution in [2.75, 3.05) is 27.4 Å². The monoisotopic (exact) mass is 377 g/mol. The molecule has 0 spiro atoms. The van der Waals surface area contributed by atoms with E-state index in [0.717, 1.165) is 11.3 Å². The van der Waals surface area contributed by atoms with Crippen molar-refractivity contribution in [2.45, 2.75) is 33.2 Å². The van der Waals surface area contributed by atoms with Crippen LogP contribution in [-0.2, 0) is 6.54 Å². The fraction of sp³-hybridized carbons (Fsp3) is 0.429. The van der Waals surface area contributed by atoms with Gasteiger partial charge in [0.1, 0.15) is 19.0 Å². The van der Waals surface area contributed by atoms with Crippen LogP contribution in [0, 0.1) is 6.92 Å². The van der Waals surface area contributed by atoms with Gasteiger partial charge >= 0.3 is 0 Å². The van der Waals surface area contributed by atoms with Crippen molar-refractivity contribution in [1.29, 1.82) is 0 Å². The van der Waals surface area contributed by atoms with Crippen LogP contribution in [0.1, 0.15) is 36.5 Å². The summed E-state index contributed by atoms with van der Waals surface area (Å²) in [6.07, 6.45) is 0. The second kappa shape index (κ2) is 9.70. The summed E-state index contributed by atoms with van der Waals surface area (Å²) in [6.45, 7) is 7.90. The Balaban J connectivity index is 2.01. The van der Waals surface area contributed by atoms with Crippen molar-refractivity contribution in [3.63, 3.8) is 0 Å². The normalized spacial score (nSPS) is 10.9. The van der Waals surface area contributed by atoms with E-state index in [2.05, 4.69) is 44.3 Å². The molecule has 2 aromatic rings. The number of ether oxygens (including phenoxy) is 3. The number of hydrogen-bond donors (Lipinski definition) is 1. The van der Waals surface area contributed by atoms with Crippen LogP contribution in [-0.4, -0.2) is 27.4 Å². The number of halogens is 1. The highest BCUT2D eigenvalue weighted by Gasteiger charge is 2.13. The second-order valence-corrected chi connectivity index (χ2v) is 6.94. The third kappa shape index (κ3) is 5.29. The van der Waals surface area contributed by atoms with Crippen LogP contribution < -0.4 is 19.5 Å². The van der Waals surface area contributed by atoms with Gasteiger partial charge in [0.15, 0.2) is 11.5 Å². The lowest BCUT2D eigenvalue weighted by molar-refractivity contribution is 0.210. The van der Waals surface area contributed by atoms with E-state index in [-0.39, 0.29) is 0 Å². The average Bonchev–Trinajstić information content (AvgIpc) is 2.59. The van der Waals surface area contributed by atoms with Gasteiger partial charge in [0, 0.05) is 6.54 Å². The third-order valence-corrected chi connectivity index (χ3v) is 4.33. The van der Waals surface area contributed by atoms with Gasteiger partial charge in [0.25, 0.3) is 0 Å². The van der Waals surface area contributed by atoms with Crippen LogP contribution >= 0.6 is 11.6 Å². The summed E-state index contributed by atoms with van der Waals surface area (Å²) in [5.74, 6) is 2.49. The Bertz CT molecular complexity index is 731. The molecule has 5 heteroatoms. The first-order valence-corrected chi connectivity index (χ1v) is 9.21. The van der Waals surface area contributed by atoms with Gasteiger partial charge in [-0.15, -0.1) is 0 Å². The first kappa shape index (κ1) is 20.4. The number of rotatable bonds is 9. The zero-order chi connectivity index (χ0) is 19.1. The lowest BCUT2D eigenvalue weighted by atomic mass is 10.0. The maximum absolute atomic E-state index is 6.36. The van der Waals surface area contributed by atoms with Gasteiger partial charge in [0.05, 0.1) is 12.1 Å². The smallest absolute Gasteiger partial charge is 0.179 e. The Kier molecular flexibility index (Phi) is 7.61. The maximum atomic E-state index is 6.36. The largest absolute Gasteiger partial charge is 0.493 e. The second-order valence-electron chi connectivity index (χ2n) is 6.53. The van der Waals surface area contributed by atoms with Gasteiger partial charge in [-0.2, -0.15) is 0 Å². The van der Waals surface area contributed by atoms with Crippen LogP contribution in [0.25, 0.3) is 0 Å². The molecule has 0 fully saturated rings. The molecule has 0 atom stereocenters. The molecule has 0 unspecified atom stereocenters. The minimum absolute atomic E-state index is 0.382. The summed E-state index contributed by atoms with van der Waals surface area (Å²) < 4.78 is 17.2. The predicted octanol–water partition coefficient (Wildman–Crippen LogP) is 4.96. The Labute approximate surface area is 161 Å². The van der Waals surface area contributed by atoms with Crippen molar-refractivity contribution < 1.29 is 14.2 Å². The highest BCUT2D eigenvalue weighted by molar-refractivity contribution is 6.32. The minimum Gasteiger partial charge on any atom is -0.493 e. The van der Waals surface area contributed by atoms with E-state index in [1.54, 1.807) is 7.11 Å². The van der Waals surface area contributed by atoms with Crippen molar-refractivity contribution in [3.05, 3.63) is 52.0 Å². The summed E-state index contributed by atoms with van der Waals surface area (Å²) >= 11 is 6.36. The molecule has 0 amide bonds. The van der Waals surface area contributed by atoms with Crippen molar-refractivity contribution in [3.8, 4) is 17.2 Å². The van der Waals surface area contributed by atoms with Gasteiger partial charge in [0.2, 0.25) is 0 Å². The summed E-state index contributed by atoms with van der Waals surface area (Å²) in [5, 5.41) is 3.63. The standard InChI is InChI=1S/C21H28ClNO3/c1-14(2)17-7-6-15(3)10-19(17)25-8-9-26-21-18(22)11-16(13-23-4)12-20(21)24-5/h6-7,10-12,14,23H,8-9,13H2,1-5H3. The SMILES string of the molecule is CNCc1cc(Cl)c(OCCOc2cc(C)ccc2C(C)C)c(OC)c1. The summed E-state index contributed by atoms with van der Waals surface area (Å²) in [5.41, 5.74) is 3.41. The van der Waals surface area contributed by atoms with E-state index in [9.17, 15) is 0 Å². The molecule has 0 aromatic heterocycles. The van der Waals surface area contributed by atoms with E-state index < -0.39 is 0 Å². The Morgan fingerprint density at radius 2 is 1.77 bits per heavy atom.